The lowest BCUT2D eigenvalue weighted by Gasteiger charge is -2.02. The Labute approximate surface area is 95.0 Å². The van der Waals surface area contributed by atoms with E-state index in [0.717, 1.165) is 17.6 Å². The molecule has 0 aromatic carbocycles. The minimum atomic E-state index is -0.481. The second-order valence-corrected chi connectivity index (χ2v) is 4.61. The maximum absolute atomic E-state index is 10.3. The van der Waals surface area contributed by atoms with Crippen LogP contribution in [0.25, 0.3) is 0 Å². The van der Waals surface area contributed by atoms with Gasteiger partial charge < -0.3 is 16.4 Å². The Morgan fingerprint density at radius 2 is 2.36 bits per heavy atom. The summed E-state index contributed by atoms with van der Waals surface area (Å²) in [6, 6.07) is 1.59. The number of hydrogen-bond acceptors (Lipinski definition) is 3. The van der Waals surface area contributed by atoms with Gasteiger partial charge in [-0.25, -0.2) is 4.79 Å². The van der Waals surface area contributed by atoms with Crippen LogP contribution < -0.4 is 16.4 Å². The Hall–Kier alpha value is -0.590. The number of halogens is 1. The number of hydrogen-bond donors (Lipinski definition) is 3. The standard InChI is InChI=1S/C8H12BrN3OS/c9-6-3-7(14-5-6)4-11-1-2-12-8(10)13/h3,5,11H,1-2,4H2,(H3,10,12,13). The first-order chi connectivity index (χ1) is 6.68. The van der Waals surface area contributed by atoms with Crippen molar-refractivity contribution in [2.24, 2.45) is 5.73 Å². The molecule has 4 nitrogen and oxygen atoms in total. The minimum Gasteiger partial charge on any atom is -0.352 e. The molecule has 14 heavy (non-hydrogen) atoms. The number of urea groups is 1. The molecule has 0 unspecified atom stereocenters. The Bertz CT molecular complexity index is 303. The molecular formula is C8H12BrN3OS. The number of carbonyl (C=O) groups excluding carboxylic acids is 1. The summed E-state index contributed by atoms with van der Waals surface area (Å²) in [7, 11) is 0. The summed E-state index contributed by atoms with van der Waals surface area (Å²) in [5.41, 5.74) is 4.91. The smallest absolute Gasteiger partial charge is 0.312 e. The van der Waals surface area contributed by atoms with Gasteiger partial charge >= 0.3 is 6.03 Å². The van der Waals surface area contributed by atoms with Crippen LogP contribution in [0.5, 0.6) is 0 Å². The Balaban J connectivity index is 2.07. The van der Waals surface area contributed by atoms with E-state index in [2.05, 4.69) is 32.6 Å². The van der Waals surface area contributed by atoms with Crippen LogP contribution in [0.1, 0.15) is 4.88 Å². The monoisotopic (exact) mass is 277 g/mol. The third-order valence-electron chi connectivity index (χ3n) is 1.52. The summed E-state index contributed by atoms with van der Waals surface area (Å²) < 4.78 is 1.11. The van der Waals surface area contributed by atoms with E-state index in [4.69, 9.17) is 5.73 Å². The Morgan fingerprint density at radius 3 is 2.93 bits per heavy atom. The summed E-state index contributed by atoms with van der Waals surface area (Å²) in [4.78, 5) is 11.6. The average Bonchev–Trinajstić information content (AvgIpc) is 2.50. The van der Waals surface area contributed by atoms with Crippen molar-refractivity contribution in [3.05, 3.63) is 20.8 Å². The zero-order valence-electron chi connectivity index (χ0n) is 7.55. The highest BCUT2D eigenvalue weighted by molar-refractivity contribution is 9.10. The van der Waals surface area contributed by atoms with Gasteiger partial charge in [-0.05, 0) is 22.0 Å². The highest BCUT2D eigenvalue weighted by Gasteiger charge is 1.96. The summed E-state index contributed by atoms with van der Waals surface area (Å²) in [6.45, 7) is 2.09. The van der Waals surface area contributed by atoms with Gasteiger partial charge in [0.15, 0.2) is 0 Å². The molecule has 0 spiro atoms. The van der Waals surface area contributed by atoms with E-state index in [1.807, 2.05) is 5.38 Å². The molecule has 0 saturated carbocycles. The first-order valence-corrected chi connectivity index (χ1v) is 5.82. The lowest BCUT2D eigenvalue weighted by atomic mass is 10.4. The van der Waals surface area contributed by atoms with Crippen molar-refractivity contribution in [2.45, 2.75) is 6.54 Å². The van der Waals surface area contributed by atoms with Crippen molar-refractivity contribution in [3.8, 4) is 0 Å². The molecule has 0 bridgehead atoms. The molecule has 0 radical (unpaired) electrons. The fourth-order valence-electron chi connectivity index (χ4n) is 0.932. The number of nitrogens with two attached hydrogens (primary N) is 1. The van der Waals surface area contributed by atoms with E-state index >= 15 is 0 Å². The molecule has 1 aromatic rings. The number of rotatable bonds is 5. The van der Waals surface area contributed by atoms with Crippen molar-refractivity contribution in [1.82, 2.24) is 10.6 Å². The molecule has 4 N–H and O–H groups in total. The molecule has 0 atom stereocenters. The van der Waals surface area contributed by atoms with Gasteiger partial charge in [-0.3, -0.25) is 0 Å². The Morgan fingerprint density at radius 1 is 1.57 bits per heavy atom. The van der Waals surface area contributed by atoms with Crippen LogP contribution in [0.15, 0.2) is 15.9 Å². The fraction of sp³-hybridized carbons (Fsp3) is 0.375. The number of nitrogens with one attached hydrogen (secondary N) is 2. The molecule has 0 aliphatic carbocycles. The van der Waals surface area contributed by atoms with Crippen molar-refractivity contribution < 1.29 is 4.79 Å². The van der Waals surface area contributed by atoms with Gasteiger partial charge in [0, 0.05) is 34.4 Å². The first kappa shape index (κ1) is 11.5. The van der Waals surface area contributed by atoms with Crippen LogP contribution in [0, 0.1) is 0 Å². The zero-order valence-corrected chi connectivity index (χ0v) is 9.95. The second kappa shape index (κ2) is 6.00. The van der Waals surface area contributed by atoms with E-state index in [1.165, 1.54) is 4.88 Å². The summed E-state index contributed by atoms with van der Waals surface area (Å²) in [5, 5.41) is 7.74. The van der Waals surface area contributed by atoms with E-state index in [9.17, 15) is 4.79 Å². The van der Waals surface area contributed by atoms with Crippen LogP contribution in [0.3, 0.4) is 0 Å². The predicted octanol–water partition coefficient (Wildman–Crippen LogP) is 1.27. The molecule has 6 heteroatoms. The van der Waals surface area contributed by atoms with Gasteiger partial charge in [0.1, 0.15) is 0 Å². The molecule has 2 amide bonds. The molecule has 1 heterocycles. The van der Waals surface area contributed by atoms with Crippen LogP contribution >= 0.6 is 27.3 Å². The molecule has 0 saturated heterocycles. The highest BCUT2D eigenvalue weighted by atomic mass is 79.9. The van der Waals surface area contributed by atoms with Crippen molar-refractivity contribution in [1.29, 1.82) is 0 Å². The molecule has 1 rings (SSSR count). The topological polar surface area (TPSA) is 67.2 Å². The Kier molecular flexibility index (Phi) is 4.92. The molecule has 0 fully saturated rings. The minimum absolute atomic E-state index is 0.481. The second-order valence-electron chi connectivity index (χ2n) is 2.70. The number of primary amides is 1. The van der Waals surface area contributed by atoms with E-state index in [1.54, 1.807) is 11.3 Å². The maximum atomic E-state index is 10.3. The summed E-state index contributed by atoms with van der Waals surface area (Å²) in [6.07, 6.45) is 0. The third-order valence-corrected chi connectivity index (χ3v) is 3.22. The van der Waals surface area contributed by atoms with Gasteiger partial charge in [0.2, 0.25) is 0 Å². The molecular weight excluding hydrogens is 266 g/mol. The number of amides is 2. The van der Waals surface area contributed by atoms with Crippen molar-refractivity contribution in [3.63, 3.8) is 0 Å². The van der Waals surface area contributed by atoms with Crippen LogP contribution in [-0.2, 0) is 6.54 Å². The molecule has 0 aliphatic heterocycles. The van der Waals surface area contributed by atoms with Crippen molar-refractivity contribution >= 4 is 33.3 Å². The van der Waals surface area contributed by atoms with Gasteiger partial charge in [-0.2, -0.15) is 0 Å². The summed E-state index contributed by atoms with van der Waals surface area (Å²) >= 11 is 5.08. The van der Waals surface area contributed by atoms with E-state index in [-0.39, 0.29) is 0 Å². The van der Waals surface area contributed by atoms with Gasteiger partial charge in [-0.15, -0.1) is 11.3 Å². The molecule has 1 aromatic heterocycles. The van der Waals surface area contributed by atoms with Gasteiger partial charge in [-0.1, -0.05) is 0 Å². The molecule has 0 aliphatic rings. The zero-order chi connectivity index (χ0) is 10.4. The predicted molar refractivity (Wildman–Crippen MR) is 61.3 cm³/mol. The van der Waals surface area contributed by atoms with Crippen LogP contribution in [0.2, 0.25) is 0 Å². The number of thiophene rings is 1. The van der Waals surface area contributed by atoms with Crippen LogP contribution in [0.4, 0.5) is 4.79 Å². The van der Waals surface area contributed by atoms with Crippen molar-refractivity contribution in [2.75, 3.05) is 13.1 Å². The van der Waals surface area contributed by atoms with Crippen LogP contribution in [-0.4, -0.2) is 19.1 Å². The summed E-state index contributed by atoms with van der Waals surface area (Å²) in [5.74, 6) is 0. The number of carbonyl (C=O) groups is 1. The highest BCUT2D eigenvalue weighted by Crippen LogP contribution is 2.19. The van der Waals surface area contributed by atoms with Gasteiger partial charge in [0.25, 0.3) is 0 Å². The maximum Gasteiger partial charge on any atom is 0.312 e. The fourth-order valence-corrected chi connectivity index (χ4v) is 2.35. The quantitative estimate of drug-likeness (QED) is 0.710. The van der Waals surface area contributed by atoms with E-state index < -0.39 is 6.03 Å². The average molecular weight is 278 g/mol. The van der Waals surface area contributed by atoms with E-state index in [0.29, 0.717) is 6.54 Å². The first-order valence-electron chi connectivity index (χ1n) is 4.15. The normalized spacial score (nSPS) is 10.1. The molecule has 78 valence electrons. The third kappa shape index (κ3) is 4.59. The largest absolute Gasteiger partial charge is 0.352 e. The lowest BCUT2D eigenvalue weighted by molar-refractivity contribution is 0.249. The SMILES string of the molecule is NC(=O)NCCNCc1cc(Br)cs1. The van der Waals surface area contributed by atoms with Gasteiger partial charge in [0.05, 0.1) is 0 Å². The lowest BCUT2D eigenvalue weighted by Crippen LogP contribution is -2.35.